The highest BCUT2D eigenvalue weighted by Gasteiger charge is 2.17. The van der Waals surface area contributed by atoms with Crippen LogP contribution in [0.3, 0.4) is 0 Å². The first-order valence-electron chi connectivity index (χ1n) is 4.88. The number of rotatable bonds is 6. The molecule has 2 N–H and O–H groups in total. The van der Waals surface area contributed by atoms with Crippen LogP contribution in [0, 0.1) is 11.8 Å². The van der Waals surface area contributed by atoms with Gasteiger partial charge in [0.25, 0.3) is 0 Å². The zero-order valence-corrected chi connectivity index (χ0v) is 9.04. The quantitative estimate of drug-likeness (QED) is 0.680. The van der Waals surface area contributed by atoms with E-state index in [9.17, 15) is 9.59 Å². The van der Waals surface area contributed by atoms with Gasteiger partial charge in [-0.3, -0.25) is 9.59 Å². The molecule has 1 amide bonds. The van der Waals surface area contributed by atoms with E-state index >= 15 is 0 Å². The van der Waals surface area contributed by atoms with E-state index in [1.165, 1.54) is 0 Å². The van der Waals surface area contributed by atoms with Crippen LogP contribution in [-0.4, -0.2) is 24.0 Å². The molecule has 0 aliphatic carbocycles. The number of carboxylic acids is 1. The Kier molecular flexibility index (Phi) is 5.92. The molecule has 0 spiro atoms. The van der Waals surface area contributed by atoms with E-state index in [1.807, 2.05) is 13.8 Å². The molecule has 0 aromatic heterocycles. The van der Waals surface area contributed by atoms with E-state index in [1.54, 1.807) is 7.05 Å². The van der Waals surface area contributed by atoms with Crippen LogP contribution >= 0.6 is 0 Å². The molecule has 0 aromatic rings. The van der Waals surface area contributed by atoms with Gasteiger partial charge in [-0.1, -0.05) is 13.8 Å². The van der Waals surface area contributed by atoms with Crippen LogP contribution in [0.15, 0.2) is 0 Å². The van der Waals surface area contributed by atoms with Crippen molar-refractivity contribution in [1.29, 1.82) is 0 Å². The Morgan fingerprint density at radius 3 is 2.21 bits per heavy atom. The summed E-state index contributed by atoms with van der Waals surface area (Å²) >= 11 is 0. The Morgan fingerprint density at radius 1 is 1.29 bits per heavy atom. The molecular formula is C10H19NO3. The molecule has 0 aliphatic rings. The minimum absolute atomic E-state index is 0.0487. The maximum atomic E-state index is 11.1. The SMILES string of the molecule is CNC(=O)CC(CC(=O)O)CC(C)C. The fourth-order valence-electron chi connectivity index (χ4n) is 1.52. The summed E-state index contributed by atoms with van der Waals surface area (Å²) in [7, 11) is 1.57. The van der Waals surface area contributed by atoms with Crippen LogP contribution in [-0.2, 0) is 9.59 Å². The number of amides is 1. The minimum atomic E-state index is -0.834. The van der Waals surface area contributed by atoms with Crippen molar-refractivity contribution < 1.29 is 14.7 Å². The zero-order valence-electron chi connectivity index (χ0n) is 9.04. The van der Waals surface area contributed by atoms with Crippen molar-refractivity contribution in [2.75, 3.05) is 7.05 Å². The average Bonchev–Trinajstić information content (AvgIpc) is 2.01. The third-order valence-electron chi connectivity index (χ3n) is 2.02. The molecule has 4 nitrogen and oxygen atoms in total. The molecule has 0 fully saturated rings. The van der Waals surface area contributed by atoms with E-state index in [0.717, 1.165) is 6.42 Å². The number of carbonyl (C=O) groups excluding carboxylic acids is 1. The maximum absolute atomic E-state index is 11.1. The Hall–Kier alpha value is -1.06. The highest BCUT2D eigenvalue weighted by atomic mass is 16.4. The van der Waals surface area contributed by atoms with E-state index < -0.39 is 5.97 Å². The van der Waals surface area contributed by atoms with E-state index in [-0.39, 0.29) is 18.2 Å². The van der Waals surface area contributed by atoms with Crippen LogP contribution in [0.25, 0.3) is 0 Å². The molecular weight excluding hydrogens is 182 g/mol. The Labute approximate surface area is 84.7 Å². The van der Waals surface area contributed by atoms with Gasteiger partial charge in [0.15, 0.2) is 0 Å². The molecule has 0 radical (unpaired) electrons. The number of carbonyl (C=O) groups is 2. The normalized spacial score (nSPS) is 12.6. The standard InChI is InChI=1S/C10H19NO3/c1-7(2)4-8(6-10(13)14)5-9(12)11-3/h7-8H,4-6H2,1-3H3,(H,11,12)(H,13,14). The second kappa shape index (κ2) is 6.40. The van der Waals surface area contributed by atoms with E-state index in [4.69, 9.17) is 5.11 Å². The highest BCUT2D eigenvalue weighted by Crippen LogP contribution is 2.18. The summed E-state index contributed by atoms with van der Waals surface area (Å²) in [6.45, 7) is 4.05. The smallest absolute Gasteiger partial charge is 0.303 e. The summed E-state index contributed by atoms with van der Waals surface area (Å²) in [6.07, 6.45) is 1.16. The van der Waals surface area contributed by atoms with Gasteiger partial charge in [0.05, 0.1) is 0 Å². The first-order chi connectivity index (χ1) is 6.45. The van der Waals surface area contributed by atoms with Gasteiger partial charge < -0.3 is 10.4 Å². The molecule has 4 heteroatoms. The fraction of sp³-hybridized carbons (Fsp3) is 0.800. The van der Waals surface area contributed by atoms with Crippen molar-refractivity contribution in [3.05, 3.63) is 0 Å². The average molecular weight is 201 g/mol. The third-order valence-corrected chi connectivity index (χ3v) is 2.02. The third kappa shape index (κ3) is 6.46. The summed E-state index contributed by atoms with van der Waals surface area (Å²) in [5, 5.41) is 11.2. The van der Waals surface area contributed by atoms with Crippen LogP contribution in [0.5, 0.6) is 0 Å². The predicted molar refractivity (Wildman–Crippen MR) is 53.9 cm³/mol. The van der Waals surface area contributed by atoms with Crippen LogP contribution in [0.4, 0.5) is 0 Å². The van der Waals surface area contributed by atoms with Crippen molar-refractivity contribution in [3.63, 3.8) is 0 Å². The van der Waals surface area contributed by atoms with Crippen molar-refractivity contribution >= 4 is 11.9 Å². The van der Waals surface area contributed by atoms with Crippen molar-refractivity contribution in [1.82, 2.24) is 5.32 Å². The summed E-state index contributed by atoms with van der Waals surface area (Å²) < 4.78 is 0. The second-order valence-electron chi connectivity index (χ2n) is 3.97. The summed E-state index contributed by atoms with van der Waals surface area (Å²) in [4.78, 5) is 21.6. The lowest BCUT2D eigenvalue weighted by Gasteiger charge is -2.15. The molecule has 0 aromatic carbocycles. The van der Waals surface area contributed by atoms with Crippen LogP contribution < -0.4 is 5.32 Å². The lowest BCUT2D eigenvalue weighted by atomic mass is 9.91. The monoisotopic (exact) mass is 201 g/mol. The van der Waals surface area contributed by atoms with Gasteiger partial charge in [-0.05, 0) is 18.3 Å². The summed E-state index contributed by atoms with van der Waals surface area (Å²) in [6, 6.07) is 0. The number of carboxylic acid groups (broad SMARTS) is 1. The van der Waals surface area contributed by atoms with Gasteiger partial charge in [0.2, 0.25) is 5.91 Å². The maximum Gasteiger partial charge on any atom is 0.303 e. The van der Waals surface area contributed by atoms with Gasteiger partial charge in [-0.25, -0.2) is 0 Å². The van der Waals surface area contributed by atoms with Gasteiger partial charge in [-0.15, -0.1) is 0 Å². The Morgan fingerprint density at radius 2 is 1.86 bits per heavy atom. The van der Waals surface area contributed by atoms with Gasteiger partial charge in [0.1, 0.15) is 0 Å². The summed E-state index contributed by atoms with van der Waals surface area (Å²) in [5.41, 5.74) is 0. The van der Waals surface area contributed by atoms with E-state index in [0.29, 0.717) is 12.3 Å². The molecule has 0 rings (SSSR count). The molecule has 0 saturated carbocycles. The molecule has 0 aliphatic heterocycles. The zero-order chi connectivity index (χ0) is 11.1. The molecule has 1 unspecified atom stereocenters. The van der Waals surface area contributed by atoms with Crippen molar-refractivity contribution in [3.8, 4) is 0 Å². The number of hydrogen-bond donors (Lipinski definition) is 2. The Balaban J connectivity index is 4.09. The van der Waals surface area contributed by atoms with Crippen molar-refractivity contribution in [2.45, 2.75) is 33.1 Å². The topological polar surface area (TPSA) is 66.4 Å². The predicted octanol–water partition coefficient (Wildman–Crippen LogP) is 1.26. The largest absolute Gasteiger partial charge is 0.481 e. The number of hydrogen-bond acceptors (Lipinski definition) is 2. The fourth-order valence-corrected chi connectivity index (χ4v) is 1.52. The first kappa shape index (κ1) is 12.9. The number of nitrogens with one attached hydrogen (secondary N) is 1. The Bertz CT molecular complexity index is 202. The van der Waals surface area contributed by atoms with Gasteiger partial charge in [0, 0.05) is 19.9 Å². The summed E-state index contributed by atoms with van der Waals surface area (Å²) in [5.74, 6) is -0.548. The molecule has 14 heavy (non-hydrogen) atoms. The van der Waals surface area contributed by atoms with Gasteiger partial charge in [-0.2, -0.15) is 0 Å². The number of aliphatic carboxylic acids is 1. The molecule has 1 atom stereocenters. The molecule has 0 bridgehead atoms. The lowest BCUT2D eigenvalue weighted by molar-refractivity contribution is -0.138. The second-order valence-corrected chi connectivity index (χ2v) is 3.97. The molecule has 0 heterocycles. The first-order valence-corrected chi connectivity index (χ1v) is 4.88. The molecule has 0 saturated heterocycles. The molecule has 82 valence electrons. The van der Waals surface area contributed by atoms with Crippen molar-refractivity contribution in [2.24, 2.45) is 11.8 Å². The van der Waals surface area contributed by atoms with Gasteiger partial charge >= 0.3 is 5.97 Å². The van der Waals surface area contributed by atoms with Crippen LogP contribution in [0.2, 0.25) is 0 Å². The van der Waals surface area contributed by atoms with E-state index in [2.05, 4.69) is 5.32 Å². The highest BCUT2D eigenvalue weighted by molar-refractivity contribution is 5.76. The van der Waals surface area contributed by atoms with Crippen LogP contribution in [0.1, 0.15) is 33.1 Å². The lowest BCUT2D eigenvalue weighted by Crippen LogP contribution is -2.23. The minimum Gasteiger partial charge on any atom is -0.481 e.